The molecule has 2 N–H and O–H groups in total. The molecule has 35 heavy (non-hydrogen) atoms. The van der Waals surface area contributed by atoms with E-state index in [0.717, 1.165) is 37.3 Å². The van der Waals surface area contributed by atoms with Gasteiger partial charge in [0.05, 0.1) is 14.2 Å². The molecular formula is C24H25FN8O2. The predicted molar refractivity (Wildman–Crippen MR) is 130 cm³/mol. The molecule has 4 aromatic rings. The zero-order valence-electron chi connectivity index (χ0n) is 19.5. The Morgan fingerprint density at radius 2 is 1.71 bits per heavy atom. The largest absolute Gasteiger partial charge is 0.493 e. The van der Waals surface area contributed by atoms with Crippen molar-refractivity contribution in [2.75, 3.05) is 50.6 Å². The molecule has 0 saturated carbocycles. The van der Waals surface area contributed by atoms with Gasteiger partial charge in [-0.25, -0.2) is 9.37 Å². The average Bonchev–Trinajstić information content (AvgIpc) is 2.92. The lowest BCUT2D eigenvalue weighted by molar-refractivity contribution is 0.355. The van der Waals surface area contributed by atoms with Crippen LogP contribution in [-0.2, 0) is 6.54 Å². The molecule has 2 aromatic carbocycles. The summed E-state index contributed by atoms with van der Waals surface area (Å²) in [6.07, 6.45) is 0. The molecule has 1 aliphatic rings. The number of anilines is 2. The highest BCUT2D eigenvalue weighted by atomic mass is 19.1. The topological polar surface area (TPSA) is 110 Å². The third kappa shape index (κ3) is 4.90. The van der Waals surface area contributed by atoms with Crippen LogP contribution in [0.1, 0.15) is 5.56 Å². The third-order valence-electron chi connectivity index (χ3n) is 5.73. The van der Waals surface area contributed by atoms with E-state index in [0.29, 0.717) is 46.8 Å². The van der Waals surface area contributed by atoms with Gasteiger partial charge in [-0.2, -0.15) is 9.97 Å². The van der Waals surface area contributed by atoms with Crippen LogP contribution in [-0.4, -0.2) is 65.5 Å². The van der Waals surface area contributed by atoms with Gasteiger partial charge in [0.2, 0.25) is 11.6 Å². The minimum atomic E-state index is -0.275. The van der Waals surface area contributed by atoms with Crippen LogP contribution in [0.15, 0.2) is 42.5 Å². The highest BCUT2D eigenvalue weighted by Gasteiger charge is 2.20. The fraction of sp³-hybridized carbons (Fsp3) is 0.292. The first-order valence-corrected chi connectivity index (χ1v) is 11.2. The molecule has 10 nitrogen and oxygen atoms in total. The van der Waals surface area contributed by atoms with Crippen molar-refractivity contribution in [1.82, 2.24) is 30.5 Å². The number of piperazine rings is 1. The van der Waals surface area contributed by atoms with Crippen LogP contribution in [0.2, 0.25) is 0 Å². The smallest absolute Gasteiger partial charge is 0.227 e. The number of nitrogens with one attached hydrogen (secondary N) is 2. The van der Waals surface area contributed by atoms with E-state index < -0.39 is 0 Å². The number of nitrogens with zero attached hydrogens (tertiary/aromatic N) is 6. The molecule has 0 unspecified atom stereocenters. The number of hydrogen-bond acceptors (Lipinski definition) is 10. The Balaban J connectivity index is 1.53. The van der Waals surface area contributed by atoms with Crippen molar-refractivity contribution in [1.29, 1.82) is 0 Å². The molecule has 5 rings (SSSR count). The molecule has 1 fully saturated rings. The zero-order chi connectivity index (χ0) is 24.2. The monoisotopic (exact) mass is 476 g/mol. The van der Waals surface area contributed by atoms with Crippen LogP contribution in [0.5, 0.6) is 11.5 Å². The van der Waals surface area contributed by atoms with Gasteiger partial charge in [0.25, 0.3) is 0 Å². The van der Waals surface area contributed by atoms with Gasteiger partial charge in [0.1, 0.15) is 5.82 Å². The van der Waals surface area contributed by atoms with Gasteiger partial charge in [-0.05, 0) is 35.9 Å². The Kier molecular flexibility index (Phi) is 6.49. The third-order valence-corrected chi connectivity index (χ3v) is 5.73. The van der Waals surface area contributed by atoms with Crippen molar-refractivity contribution in [3.8, 4) is 22.9 Å². The number of benzene rings is 2. The molecule has 0 atom stereocenters. The molecule has 0 spiro atoms. The number of rotatable bonds is 7. The summed E-state index contributed by atoms with van der Waals surface area (Å²) in [7, 11) is 3.17. The van der Waals surface area contributed by atoms with E-state index in [1.54, 1.807) is 32.4 Å². The molecule has 3 heterocycles. The van der Waals surface area contributed by atoms with Crippen LogP contribution in [0.3, 0.4) is 0 Å². The number of ether oxygens (including phenoxy) is 2. The number of methoxy groups -OCH3 is 2. The number of fused-ring (bicyclic) bond motifs is 1. The highest BCUT2D eigenvalue weighted by Crippen LogP contribution is 2.32. The van der Waals surface area contributed by atoms with Crippen LogP contribution in [0.4, 0.5) is 16.2 Å². The Bertz CT molecular complexity index is 1330. The number of hydrogen-bond donors (Lipinski definition) is 2. The quantitative estimate of drug-likeness (QED) is 0.413. The van der Waals surface area contributed by atoms with E-state index in [2.05, 4.69) is 30.7 Å². The summed E-state index contributed by atoms with van der Waals surface area (Å²) in [5.41, 5.74) is 2.60. The average molecular weight is 477 g/mol. The molecule has 1 aliphatic heterocycles. The van der Waals surface area contributed by atoms with Crippen LogP contribution >= 0.6 is 0 Å². The van der Waals surface area contributed by atoms with Gasteiger partial charge in [-0.15, -0.1) is 10.2 Å². The second-order valence-electron chi connectivity index (χ2n) is 7.97. The maximum absolute atomic E-state index is 13.2. The molecule has 0 amide bonds. The molecule has 1 saturated heterocycles. The molecule has 0 bridgehead atoms. The lowest BCUT2D eigenvalue weighted by Crippen LogP contribution is -2.44. The second kappa shape index (κ2) is 10.0. The van der Waals surface area contributed by atoms with Crippen molar-refractivity contribution >= 4 is 22.9 Å². The maximum atomic E-state index is 13.2. The minimum absolute atomic E-state index is 0.275. The summed E-state index contributed by atoms with van der Waals surface area (Å²) in [6, 6.07) is 11.8. The first-order valence-electron chi connectivity index (χ1n) is 11.2. The number of aromatic nitrogens is 5. The van der Waals surface area contributed by atoms with Gasteiger partial charge in [0.15, 0.2) is 28.7 Å². The standard InChI is InChI=1S/C24H25FN8O2/c1-34-18-8-5-16(13-19(18)35-2)21-28-20-22(32-31-21)29-24(27-14-15-3-6-17(25)7-4-15)30-23(20)33-11-9-26-10-12-33/h3-8,13,26H,9-12,14H2,1-2H3,(H,27,29,30,32). The first kappa shape index (κ1) is 22.7. The lowest BCUT2D eigenvalue weighted by atomic mass is 10.2. The van der Waals surface area contributed by atoms with Crippen molar-refractivity contribution in [2.45, 2.75) is 6.54 Å². The van der Waals surface area contributed by atoms with Gasteiger partial charge < -0.3 is 25.0 Å². The molecule has 0 aliphatic carbocycles. The summed E-state index contributed by atoms with van der Waals surface area (Å²) in [6.45, 7) is 3.67. The minimum Gasteiger partial charge on any atom is -0.493 e. The normalized spacial score (nSPS) is 13.6. The fourth-order valence-corrected chi connectivity index (χ4v) is 3.88. The van der Waals surface area contributed by atoms with Crippen molar-refractivity contribution in [3.05, 3.63) is 53.8 Å². The van der Waals surface area contributed by atoms with Gasteiger partial charge >= 0.3 is 0 Å². The Labute approximate surface area is 201 Å². The van der Waals surface area contributed by atoms with E-state index in [-0.39, 0.29) is 5.82 Å². The van der Waals surface area contributed by atoms with Gasteiger partial charge in [0, 0.05) is 38.3 Å². The van der Waals surface area contributed by atoms with E-state index in [1.807, 2.05) is 12.1 Å². The van der Waals surface area contributed by atoms with Crippen molar-refractivity contribution < 1.29 is 13.9 Å². The maximum Gasteiger partial charge on any atom is 0.227 e. The Morgan fingerprint density at radius 1 is 0.943 bits per heavy atom. The fourth-order valence-electron chi connectivity index (χ4n) is 3.88. The first-order chi connectivity index (χ1) is 17.1. The molecular weight excluding hydrogens is 451 g/mol. The molecule has 11 heteroatoms. The number of halogens is 1. The molecule has 0 radical (unpaired) electrons. The van der Waals surface area contributed by atoms with Crippen LogP contribution in [0.25, 0.3) is 22.6 Å². The summed E-state index contributed by atoms with van der Waals surface area (Å²) < 4.78 is 24.0. The summed E-state index contributed by atoms with van der Waals surface area (Å²) in [5.74, 6) is 2.45. The van der Waals surface area contributed by atoms with Crippen molar-refractivity contribution in [3.63, 3.8) is 0 Å². The van der Waals surface area contributed by atoms with E-state index in [1.165, 1.54) is 12.1 Å². The van der Waals surface area contributed by atoms with E-state index >= 15 is 0 Å². The second-order valence-corrected chi connectivity index (χ2v) is 7.97. The lowest BCUT2D eigenvalue weighted by Gasteiger charge is -2.29. The molecule has 2 aromatic heterocycles. The van der Waals surface area contributed by atoms with E-state index in [9.17, 15) is 4.39 Å². The van der Waals surface area contributed by atoms with Crippen molar-refractivity contribution in [2.24, 2.45) is 0 Å². The van der Waals surface area contributed by atoms with Crippen LogP contribution < -0.4 is 25.0 Å². The predicted octanol–water partition coefficient (Wildman–Crippen LogP) is 2.66. The van der Waals surface area contributed by atoms with Crippen LogP contribution in [0, 0.1) is 5.82 Å². The summed E-state index contributed by atoms with van der Waals surface area (Å²) in [4.78, 5) is 16.3. The van der Waals surface area contributed by atoms with Gasteiger partial charge in [-0.1, -0.05) is 12.1 Å². The zero-order valence-corrected chi connectivity index (χ0v) is 19.5. The Hall–Kier alpha value is -4.12. The SMILES string of the molecule is COc1ccc(-c2nnc3nc(NCc4ccc(F)cc4)nc(N4CCNCC4)c3n2)cc1OC. The highest BCUT2D eigenvalue weighted by molar-refractivity contribution is 5.85. The summed E-state index contributed by atoms with van der Waals surface area (Å²) >= 11 is 0. The Morgan fingerprint density at radius 3 is 2.46 bits per heavy atom. The van der Waals surface area contributed by atoms with Gasteiger partial charge in [-0.3, -0.25) is 0 Å². The van der Waals surface area contributed by atoms with E-state index in [4.69, 9.17) is 19.4 Å². The molecule has 180 valence electrons. The summed E-state index contributed by atoms with van der Waals surface area (Å²) in [5, 5.41) is 15.3.